The number of methoxy groups -OCH3 is 1. The van der Waals surface area contributed by atoms with Crippen LogP contribution in [-0.4, -0.2) is 32.7 Å². The van der Waals surface area contributed by atoms with Crippen LogP contribution in [0.3, 0.4) is 0 Å². The van der Waals surface area contributed by atoms with Crippen LogP contribution in [0.5, 0.6) is 11.5 Å². The lowest BCUT2D eigenvalue weighted by molar-refractivity contribution is -0.125. The molecule has 0 radical (unpaired) electrons. The zero-order valence-electron chi connectivity index (χ0n) is 13.1. The first-order chi connectivity index (χ1) is 10.7. The molecule has 1 heterocycles. The van der Waals surface area contributed by atoms with Crippen molar-refractivity contribution in [3.63, 3.8) is 0 Å². The average molecular weight is 327 g/mol. The van der Waals surface area contributed by atoms with E-state index in [0.717, 1.165) is 31.5 Å². The first-order valence-electron chi connectivity index (χ1n) is 7.63. The molecule has 1 fully saturated rings. The van der Waals surface area contributed by atoms with Crippen LogP contribution in [0.2, 0.25) is 5.02 Å². The van der Waals surface area contributed by atoms with Gasteiger partial charge in [0.15, 0.2) is 11.5 Å². The van der Waals surface area contributed by atoms with Crippen molar-refractivity contribution >= 4 is 17.5 Å². The van der Waals surface area contributed by atoms with E-state index in [1.165, 1.54) is 0 Å². The number of halogens is 1. The van der Waals surface area contributed by atoms with Crippen molar-refractivity contribution in [2.75, 3.05) is 26.8 Å². The van der Waals surface area contributed by atoms with Gasteiger partial charge in [-0.3, -0.25) is 4.79 Å². The average Bonchev–Trinajstić information content (AvgIpc) is 2.55. The van der Waals surface area contributed by atoms with E-state index in [4.69, 9.17) is 21.1 Å². The summed E-state index contributed by atoms with van der Waals surface area (Å²) in [6.07, 6.45) is 1.98. The van der Waals surface area contributed by atoms with Gasteiger partial charge >= 0.3 is 0 Å². The third-order valence-electron chi connectivity index (χ3n) is 3.71. The van der Waals surface area contributed by atoms with Gasteiger partial charge in [0, 0.05) is 13.1 Å². The normalized spacial score (nSPS) is 17.9. The first kappa shape index (κ1) is 16.9. The first-order valence-corrected chi connectivity index (χ1v) is 8.01. The molecule has 1 aromatic rings. The minimum Gasteiger partial charge on any atom is -0.493 e. The van der Waals surface area contributed by atoms with Crippen LogP contribution in [-0.2, 0) is 11.3 Å². The number of hydrogen-bond acceptors (Lipinski definition) is 4. The molecule has 1 unspecified atom stereocenters. The van der Waals surface area contributed by atoms with E-state index >= 15 is 0 Å². The summed E-state index contributed by atoms with van der Waals surface area (Å²) in [6.45, 7) is 4.58. The van der Waals surface area contributed by atoms with Crippen LogP contribution in [0.1, 0.15) is 25.3 Å². The standard InChI is InChI=1S/C16H23ClN2O3/c1-3-22-15-13(17)7-11(8-14(15)21-2)9-19-16(20)12-5-4-6-18-10-12/h7-8,12,18H,3-6,9-10H2,1-2H3,(H,19,20). The molecule has 6 heteroatoms. The highest BCUT2D eigenvalue weighted by Crippen LogP contribution is 2.36. The van der Waals surface area contributed by atoms with E-state index in [9.17, 15) is 4.79 Å². The Morgan fingerprint density at radius 2 is 2.32 bits per heavy atom. The van der Waals surface area contributed by atoms with Gasteiger partial charge < -0.3 is 20.1 Å². The monoisotopic (exact) mass is 326 g/mol. The summed E-state index contributed by atoms with van der Waals surface area (Å²) >= 11 is 6.23. The summed E-state index contributed by atoms with van der Waals surface area (Å²) in [5.41, 5.74) is 0.891. The van der Waals surface area contributed by atoms with Gasteiger partial charge in [0.25, 0.3) is 0 Å². The maximum Gasteiger partial charge on any atom is 0.224 e. The minimum absolute atomic E-state index is 0.0498. The smallest absolute Gasteiger partial charge is 0.224 e. The van der Waals surface area contributed by atoms with E-state index in [1.54, 1.807) is 13.2 Å². The fraction of sp³-hybridized carbons (Fsp3) is 0.562. The Balaban J connectivity index is 2.00. The van der Waals surface area contributed by atoms with E-state index in [1.807, 2.05) is 13.0 Å². The van der Waals surface area contributed by atoms with Gasteiger partial charge in [0.05, 0.1) is 24.7 Å². The number of piperidine rings is 1. The van der Waals surface area contributed by atoms with Crippen LogP contribution in [0.25, 0.3) is 0 Å². The van der Waals surface area contributed by atoms with Crippen LogP contribution in [0.15, 0.2) is 12.1 Å². The van der Waals surface area contributed by atoms with Crippen LogP contribution < -0.4 is 20.1 Å². The lowest BCUT2D eigenvalue weighted by Crippen LogP contribution is -2.40. The Morgan fingerprint density at radius 1 is 1.50 bits per heavy atom. The molecule has 22 heavy (non-hydrogen) atoms. The molecule has 1 atom stereocenters. The molecule has 0 saturated carbocycles. The molecule has 122 valence electrons. The van der Waals surface area contributed by atoms with Gasteiger partial charge in [-0.2, -0.15) is 0 Å². The molecule has 1 amide bonds. The molecule has 1 aliphatic heterocycles. The highest BCUT2D eigenvalue weighted by Gasteiger charge is 2.20. The van der Waals surface area contributed by atoms with Crippen LogP contribution >= 0.6 is 11.6 Å². The Labute approximate surface area is 136 Å². The van der Waals surface area contributed by atoms with Gasteiger partial charge in [0.2, 0.25) is 5.91 Å². The van der Waals surface area contributed by atoms with Gasteiger partial charge in [-0.05, 0) is 44.0 Å². The maximum atomic E-state index is 12.1. The maximum absolute atomic E-state index is 12.1. The number of carbonyl (C=O) groups excluding carboxylic acids is 1. The van der Waals surface area contributed by atoms with Crippen LogP contribution in [0.4, 0.5) is 0 Å². The minimum atomic E-state index is 0.0498. The molecule has 2 N–H and O–H groups in total. The number of nitrogens with one attached hydrogen (secondary N) is 2. The van der Waals surface area contributed by atoms with Gasteiger partial charge in [-0.15, -0.1) is 0 Å². The zero-order chi connectivity index (χ0) is 15.9. The molecule has 1 aromatic carbocycles. The largest absolute Gasteiger partial charge is 0.493 e. The van der Waals surface area contributed by atoms with Crippen molar-refractivity contribution in [1.29, 1.82) is 0 Å². The van der Waals surface area contributed by atoms with E-state index in [2.05, 4.69) is 10.6 Å². The third-order valence-corrected chi connectivity index (χ3v) is 3.99. The van der Waals surface area contributed by atoms with Crippen molar-refractivity contribution in [2.45, 2.75) is 26.3 Å². The SMILES string of the molecule is CCOc1c(Cl)cc(CNC(=O)C2CCCNC2)cc1OC. The van der Waals surface area contributed by atoms with Crippen molar-refractivity contribution in [3.8, 4) is 11.5 Å². The van der Waals surface area contributed by atoms with Crippen molar-refractivity contribution in [1.82, 2.24) is 10.6 Å². The summed E-state index contributed by atoms with van der Waals surface area (Å²) in [7, 11) is 1.57. The molecular formula is C16H23ClN2O3. The molecule has 5 nitrogen and oxygen atoms in total. The number of ether oxygens (including phenoxy) is 2. The molecule has 1 saturated heterocycles. The molecule has 2 rings (SSSR count). The van der Waals surface area contributed by atoms with Crippen LogP contribution in [0, 0.1) is 5.92 Å². The lowest BCUT2D eigenvalue weighted by atomic mass is 9.99. The molecule has 0 bridgehead atoms. The quantitative estimate of drug-likeness (QED) is 0.842. The molecular weight excluding hydrogens is 304 g/mol. The molecule has 0 aromatic heterocycles. The Kier molecular flexibility index (Phi) is 6.34. The van der Waals surface area contributed by atoms with Crippen molar-refractivity contribution in [2.24, 2.45) is 5.92 Å². The highest BCUT2D eigenvalue weighted by atomic mass is 35.5. The Hall–Kier alpha value is -1.46. The zero-order valence-corrected chi connectivity index (χ0v) is 13.8. The van der Waals surface area contributed by atoms with E-state index in [0.29, 0.717) is 29.7 Å². The van der Waals surface area contributed by atoms with E-state index in [-0.39, 0.29) is 11.8 Å². The molecule has 0 aliphatic carbocycles. The van der Waals surface area contributed by atoms with Gasteiger partial charge in [-0.1, -0.05) is 11.6 Å². The summed E-state index contributed by atoms with van der Waals surface area (Å²) in [5, 5.41) is 6.70. The number of rotatable bonds is 6. The fourth-order valence-corrected chi connectivity index (χ4v) is 2.86. The molecule has 0 spiro atoms. The molecule has 1 aliphatic rings. The fourth-order valence-electron chi connectivity index (χ4n) is 2.57. The lowest BCUT2D eigenvalue weighted by Gasteiger charge is -2.22. The topological polar surface area (TPSA) is 59.6 Å². The summed E-state index contributed by atoms with van der Waals surface area (Å²) in [5.74, 6) is 1.25. The number of carbonyl (C=O) groups is 1. The number of amides is 1. The second-order valence-electron chi connectivity index (χ2n) is 5.30. The van der Waals surface area contributed by atoms with E-state index < -0.39 is 0 Å². The second kappa shape index (κ2) is 8.25. The Bertz CT molecular complexity index is 516. The number of hydrogen-bond donors (Lipinski definition) is 2. The van der Waals surface area contributed by atoms with Gasteiger partial charge in [-0.25, -0.2) is 0 Å². The predicted octanol–water partition coefficient (Wildman–Crippen LogP) is 2.36. The van der Waals surface area contributed by atoms with Crippen molar-refractivity contribution < 1.29 is 14.3 Å². The highest BCUT2D eigenvalue weighted by molar-refractivity contribution is 6.32. The number of benzene rings is 1. The van der Waals surface area contributed by atoms with Gasteiger partial charge in [0.1, 0.15) is 0 Å². The van der Waals surface area contributed by atoms with Crippen molar-refractivity contribution in [3.05, 3.63) is 22.7 Å². The predicted molar refractivity (Wildman–Crippen MR) is 86.6 cm³/mol. The Morgan fingerprint density at radius 3 is 2.95 bits per heavy atom. The third kappa shape index (κ3) is 4.27. The second-order valence-corrected chi connectivity index (χ2v) is 5.71. The summed E-state index contributed by atoms with van der Waals surface area (Å²) in [6, 6.07) is 3.64. The summed E-state index contributed by atoms with van der Waals surface area (Å²) < 4.78 is 10.8. The summed E-state index contributed by atoms with van der Waals surface area (Å²) in [4.78, 5) is 12.1.